The first-order chi connectivity index (χ1) is 12.0. The van der Waals surface area contributed by atoms with E-state index >= 15 is 0 Å². The Labute approximate surface area is 145 Å². The van der Waals surface area contributed by atoms with Crippen molar-refractivity contribution in [3.05, 3.63) is 36.0 Å². The highest BCUT2D eigenvalue weighted by molar-refractivity contribution is 7.89. The van der Waals surface area contributed by atoms with Crippen LogP contribution in [-0.4, -0.2) is 55.2 Å². The summed E-state index contributed by atoms with van der Waals surface area (Å²) in [6.45, 7) is 3.00. The average molecular weight is 361 g/mol. The van der Waals surface area contributed by atoms with Gasteiger partial charge in [-0.15, -0.1) is 10.2 Å². The van der Waals surface area contributed by atoms with Gasteiger partial charge in [-0.25, -0.2) is 17.9 Å². The molecule has 1 aliphatic rings. The number of hydrogen-bond donors (Lipinski definition) is 0. The molecule has 0 unspecified atom stereocenters. The SMILES string of the molecule is Cc1cc2ncnn2cc1C1CCN(S(=O)(=O)c2nncn2C)CC1. The van der Waals surface area contributed by atoms with Crippen molar-refractivity contribution >= 4 is 15.7 Å². The topological polar surface area (TPSA) is 98.3 Å². The van der Waals surface area contributed by atoms with Crippen LogP contribution >= 0.6 is 0 Å². The molecule has 0 bridgehead atoms. The van der Waals surface area contributed by atoms with E-state index in [9.17, 15) is 8.42 Å². The first-order valence-corrected chi connectivity index (χ1v) is 9.55. The fourth-order valence-corrected chi connectivity index (χ4v) is 4.91. The van der Waals surface area contributed by atoms with Crippen molar-refractivity contribution in [1.82, 2.24) is 33.7 Å². The van der Waals surface area contributed by atoms with E-state index in [-0.39, 0.29) is 5.16 Å². The Balaban J connectivity index is 1.55. The Bertz CT molecular complexity index is 1020. The van der Waals surface area contributed by atoms with Gasteiger partial charge in [0, 0.05) is 26.3 Å². The van der Waals surface area contributed by atoms with Crippen LogP contribution in [0.15, 0.2) is 30.1 Å². The van der Waals surface area contributed by atoms with Gasteiger partial charge in [0.15, 0.2) is 5.65 Å². The molecule has 25 heavy (non-hydrogen) atoms. The Kier molecular flexibility index (Phi) is 3.80. The summed E-state index contributed by atoms with van der Waals surface area (Å²) in [6, 6.07) is 2.02. The van der Waals surface area contributed by atoms with Crippen molar-refractivity contribution in [3.63, 3.8) is 0 Å². The minimum Gasteiger partial charge on any atom is -0.306 e. The van der Waals surface area contributed by atoms with Crippen molar-refractivity contribution in [2.45, 2.75) is 30.8 Å². The molecule has 0 aromatic carbocycles. The van der Waals surface area contributed by atoms with Crippen LogP contribution in [0.5, 0.6) is 0 Å². The maximum absolute atomic E-state index is 12.7. The quantitative estimate of drug-likeness (QED) is 0.682. The zero-order chi connectivity index (χ0) is 17.6. The molecule has 1 fully saturated rings. The van der Waals surface area contributed by atoms with E-state index < -0.39 is 10.0 Å². The molecule has 3 aromatic heterocycles. The van der Waals surface area contributed by atoms with Gasteiger partial charge < -0.3 is 4.57 Å². The summed E-state index contributed by atoms with van der Waals surface area (Å²) in [7, 11) is -1.96. The fourth-order valence-electron chi connectivity index (χ4n) is 3.43. The van der Waals surface area contributed by atoms with E-state index in [4.69, 9.17) is 0 Å². The van der Waals surface area contributed by atoms with Gasteiger partial charge in [0.1, 0.15) is 12.7 Å². The van der Waals surface area contributed by atoms with Gasteiger partial charge in [-0.1, -0.05) is 0 Å². The van der Waals surface area contributed by atoms with Gasteiger partial charge in [-0.2, -0.15) is 9.40 Å². The molecule has 3 aromatic rings. The lowest BCUT2D eigenvalue weighted by Crippen LogP contribution is -2.39. The van der Waals surface area contributed by atoms with Crippen LogP contribution in [0.4, 0.5) is 0 Å². The molecule has 9 nitrogen and oxygen atoms in total. The largest absolute Gasteiger partial charge is 0.306 e. The number of hydrogen-bond acceptors (Lipinski definition) is 6. The van der Waals surface area contributed by atoms with E-state index in [1.165, 1.54) is 27.1 Å². The second-order valence-corrected chi connectivity index (χ2v) is 8.21. The molecule has 1 aliphatic heterocycles. The van der Waals surface area contributed by atoms with E-state index in [0.29, 0.717) is 19.0 Å². The number of aromatic nitrogens is 6. The molecule has 4 heterocycles. The number of nitrogens with zero attached hydrogens (tertiary/aromatic N) is 7. The molecule has 10 heteroatoms. The van der Waals surface area contributed by atoms with Crippen LogP contribution in [0.1, 0.15) is 29.9 Å². The zero-order valence-corrected chi connectivity index (χ0v) is 14.9. The van der Waals surface area contributed by atoms with Crippen LogP contribution in [0, 0.1) is 6.92 Å². The molecule has 132 valence electrons. The first kappa shape index (κ1) is 16.2. The molecule has 0 radical (unpaired) electrons. The van der Waals surface area contributed by atoms with Crippen molar-refractivity contribution in [2.75, 3.05) is 13.1 Å². The van der Waals surface area contributed by atoms with Gasteiger partial charge in [-0.05, 0) is 42.9 Å². The lowest BCUT2D eigenvalue weighted by Gasteiger charge is -2.31. The number of sulfonamides is 1. The summed E-state index contributed by atoms with van der Waals surface area (Å²) in [5.74, 6) is 0.305. The van der Waals surface area contributed by atoms with Crippen molar-refractivity contribution in [1.29, 1.82) is 0 Å². The molecular weight excluding hydrogens is 342 g/mol. The summed E-state index contributed by atoms with van der Waals surface area (Å²) < 4.78 is 30.1. The Morgan fingerprint density at radius 3 is 2.68 bits per heavy atom. The summed E-state index contributed by atoms with van der Waals surface area (Å²) in [5, 5.41) is 11.6. The van der Waals surface area contributed by atoms with Crippen molar-refractivity contribution < 1.29 is 8.42 Å². The second kappa shape index (κ2) is 5.88. The maximum atomic E-state index is 12.7. The highest BCUT2D eigenvalue weighted by Crippen LogP contribution is 2.32. The number of rotatable bonds is 3. The third-order valence-electron chi connectivity index (χ3n) is 4.80. The highest BCUT2D eigenvalue weighted by atomic mass is 32.2. The summed E-state index contributed by atoms with van der Waals surface area (Å²) in [6.07, 6.45) is 6.47. The Hall–Kier alpha value is -2.33. The predicted molar refractivity (Wildman–Crippen MR) is 89.5 cm³/mol. The zero-order valence-electron chi connectivity index (χ0n) is 14.1. The number of pyridine rings is 1. The average Bonchev–Trinajstić information content (AvgIpc) is 3.22. The van der Waals surface area contributed by atoms with Gasteiger partial charge >= 0.3 is 0 Å². The summed E-state index contributed by atoms with van der Waals surface area (Å²) >= 11 is 0. The van der Waals surface area contributed by atoms with Crippen LogP contribution in [0.25, 0.3) is 5.65 Å². The van der Waals surface area contributed by atoms with Gasteiger partial charge in [0.2, 0.25) is 0 Å². The van der Waals surface area contributed by atoms with Crippen LogP contribution in [-0.2, 0) is 17.1 Å². The Morgan fingerprint density at radius 2 is 2.00 bits per heavy atom. The van der Waals surface area contributed by atoms with Crippen LogP contribution < -0.4 is 0 Å². The van der Waals surface area contributed by atoms with Gasteiger partial charge in [-0.3, -0.25) is 0 Å². The molecule has 0 atom stereocenters. The molecule has 1 saturated heterocycles. The monoisotopic (exact) mass is 361 g/mol. The molecule has 0 N–H and O–H groups in total. The van der Waals surface area contributed by atoms with E-state index in [2.05, 4.69) is 27.2 Å². The third-order valence-corrected chi connectivity index (χ3v) is 6.67. The minimum atomic E-state index is -3.60. The Morgan fingerprint density at radius 1 is 1.24 bits per heavy atom. The minimum absolute atomic E-state index is 0.00818. The standard InChI is InChI=1S/C15H19N7O2S/c1-11-7-14-16-9-18-22(14)8-13(11)12-3-5-21(6-4-12)25(23,24)15-19-17-10-20(15)2/h7-10,12H,3-6H2,1-2H3. The van der Waals surface area contributed by atoms with Crippen molar-refractivity contribution in [3.8, 4) is 0 Å². The number of aryl methyl sites for hydroxylation is 2. The lowest BCUT2D eigenvalue weighted by atomic mass is 9.89. The summed E-state index contributed by atoms with van der Waals surface area (Å²) in [5.41, 5.74) is 3.19. The smallest absolute Gasteiger partial charge is 0.278 e. The highest BCUT2D eigenvalue weighted by Gasteiger charge is 2.33. The number of fused-ring (bicyclic) bond motifs is 1. The predicted octanol–water partition coefficient (Wildman–Crippen LogP) is 0.735. The first-order valence-electron chi connectivity index (χ1n) is 8.11. The van der Waals surface area contributed by atoms with Crippen LogP contribution in [0.3, 0.4) is 0 Å². The lowest BCUT2D eigenvalue weighted by molar-refractivity contribution is 0.315. The molecule has 4 rings (SSSR count). The molecule has 0 saturated carbocycles. The van der Waals surface area contributed by atoms with E-state index in [0.717, 1.165) is 24.1 Å². The molecule has 0 spiro atoms. The molecule has 0 aliphatic carbocycles. The van der Waals surface area contributed by atoms with E-state index in [1.807, 2.05) is 12.3 Å². The fraction of sp³-hybridized carbons (Fsp3) is 0.467. The second-order valence-electron chi connectivity index (χ2n) is 6.38. The summed E-state index contributed by atoms with van der Waals surface area (Å²) in [4.78, 5) is 4.20. The number of piperidine rings is 1. The van der Waals surface area contributed by atoms with Crippen molar-refractivity contribution in [2.24, 2.45) is 7.05 Å². The van der Waals surface area contributed by atoms with E-state index in [1.54, 1.807) is 11.6 Å². The third kappa shape index (κ3) is 2.71. The van der Waals surface area contributed by atoms with Gasteiger partial charge in [0.25, 0.3) is 15.2 Å². The normalized spacial score (nSPS) is 17.4. The maximum Gasteiger partial charge on any atom is 0.278 e. The van der Waals surface area contributed by atoms with Gasteiger partial charge in [0.05, 0.1) is 0 Å². The molecular formula is C15H19N7O2S. The van der Waals surface area contributed by atoms with Crippen LogP contribution in [0.2, 0.25) is 0 Å². The molecule has 0 amide bonds.